The average molecular weight is 318 g/mol. The molecule has 0 saturated carbocycles. The van der Waals surface area contributed by atoms with Crippen molar-refractivity contribution in [2.45, 2.75) is 26.5 Å². The minimum atomic E-state index is -1.18. The van der Waals surface area contributed by atoms with Gasteiger partial charge in [0.2, 0.25) is 5.91 Å². The Kier molecular flexibility index (Phi) is 5.29. The van der Waals surface area contributed by atoms with E-state index in [4.69, 9.17) is 9.84 Å². The van der Waals surface area contributed by atoms with Gasteiger partial charge in [-0.15, -0.1) is 5.10 Å². The summed E-state index contributed by atoms with van der Waals surface area (Å²) in [6, 6.07) is 7.64. The van der Waals surface area contributed by atoms with Crippen LogP contribution in [-0.4, -0.2) is 44.6 Å². The maximum Gasteiger partial charge on any atom is 0.358 e. The van der Waals surface area contributed by atoms with E-state index in [2.05, 4.69) is 15.6 Å². The molecule has 0 aliphatic heterocycles. The number of nitrogens with zero attached hydrogens (tertiary/aromatic N) is 3. The zero-order valence-electron chi connectivity index (χ0n) is 12.9. The Morgan fingerprint density at radius 2 is 2.04 bits per heavy atom. The van der Waals surface area contributed by atoms with Crippen LogP contribution >= 0.6 is 0 Å². The van der Waals surface area contributed by atoms with Gasteiger partial charge in [0.25, 0.3) is 0 Å². The van der Waals surface area contributed by atoms with Crippen LogP contribution in [0, 0.1) is 6.92 Å². The van der Waals surface area contributed by atoms with E-state index in [9.17, 15) is 9.59 Å². The summed E-state index contributed by atoms with van der Waals surface area (Å²) >= 11 is 0. The molecule has 1 atom stereocenters. The summed E-state index contributed by atoms with van der Waals surface area (Å²) in [5.74, 6) is -0.748. The van der Waals surface area contributed by atoms with Gasteiger partial charge in [-0.2, -0.15) is 0 Å². The highest BCUT2D eigenvalue weighted by atomic mass is 16.5. The molecule has 0 saturated heterocycles. The van der Waals surface area contributed by atoms with Gasteiger partial charge < -0.3 is 15.2 Å². The van der Waals surface area contributed by atoms with E-state index in [0.717, 1.165) is 11.3 Å². The van der Waals surface area contributed by atoms with Crippen LogP contribution in [0.15, 0.2) is 30.5 Å². The van der Waals surface area contributed by atoms with Crippen molar-refractivity contribution in [3.63, 3.8) is 0 Å². The standard InChI is InChI=1S/C15H18N4O4/c1-10-3-5-12(6-4-10)23-11(2)7-16-14(20)9-19-8-13(15(21)22)17-18-19/h3-6,8,11H,7,9H2,1-2H3,(H,16,20)(H,21,22). The fourth-order valence-corrected chi connectivity index (χ4v) is 1.83. The predicted molar refractivity (Wildman–Crippen MR) is 81.3 cm³/mol. The van der Waals surface area contributed by atoms with E-state index >= 15 is 0 Å². The number of aromatic carboxylic acids is 1. The van der Waals surface area contributed by atoms with E-state index < -0.39 is 5.97 Å². The molecule has 1 unspecified atom stereocenters. The van der Waals surface area contributed by atoms with Gasteiger partial charge in [0.15, 0.2) is 5.69 Å². The number of amides is 1. The van der Waals surface area contributed by atoms with E-state index in [1.807, 2.05) is 38.1 Å². The Hall–Kier alpha value is -2.90. The van der Waals surface area contributed by atoms with Crippen molar-refractivity contribution in [2.75, 3.05) is 6.54 Å². The predicted octanol–water partition coefficient (Wildman–Crippen LogP) is 0.868. The molecular weight excluding hydrogens is 300 g/mol. The summed E-state index contributed by atoms with van der Waals surface area (Å²) in [7, 11) is 0. The van der Waals surface area contributed by atoms with Crippen LogP contribution in [-0.2, 0) is 11.3 Å². The average Bonchev–Trinajstić information content (AvgIpc) is 2.96. The molecule has 122 valence electrons. The summed E-state index contributed by atoms with van der Waals surface area (Å²) in [4.78, 5) is 22.5. The maximum atomic E-state index is 11.8. The van der Waals surface area contributed by atoms with Crippen molar-refractivity contribution in [1.29, 1.82) is 0 Å². The van der Waals surface area contributed by atoms with Crippen LogP contribution in [0.4, 0.5) is 0 Å². The largest absolute Gasteiger partial charge is 0.489 e. The molecule has 1 aromatic carbocycles. The molecule has 23 heavy (non-hydrogen) atoms. The number of carboxylic acids is 1. The molecule has 1 heterocycles. The van der Waals surface area contributed by atoms with Crippen LogP contribution in [0.5, 0.6) is 5.75 Å². The molecular formula is C15H18N4O4. The lowest BCUT2D eigenvalue weighted by Gasteiger charge is -2.15. The Bertz CT molecular complexity index is 681. The first kappa shape index (κ1) is 16.5. The van der Waals surface area contributed by atoms with Gasteiger partial charge in [0.1, 0.15) is 18.4 Å². The van der Waals surface area contributed by atoms with Gasteiger partial charge >= 0.3 is 5.97 Å². The lowest BCUT2D eigenvalue weighted by molar-refractivity contribution is -0.122. The summed E-state index contributed by atoms with van der Waals surface area (Å²) in [5, 5.41) is 18.4. The third-order valence-corrected chi connectivity index (χ3v) is 3.01. The monoisotopic (exact) mass is 318 g/mol. The highest BCUT2D eigenvalue weighted by molar-refractivity contribution is 5.84. The van der Waals surface area contributed by atoms with E-state index in [1.54, 1.807) is 0 Å². The van der Waals surface area contributed by atoms with Crippen molar-refractivity contribution in [2.24, 2.45) is 0 Å². The van der Waals surface area contributed by atoms with Gasteiger partial charge in [0.05, 0.1) is 12.7 Å². The van der Waals surface area contributed by atoms with E-state index in [1.165, 1.54) is 10.9 Å². The number of hydrogen-bond donors (Lipinski definition) is 2. The first-order chi connectivity index (χ1) is 10.9. The summed E-state index contributed by atoms with van der Waals surface area (Å²) < 4.78 is 6.85. The molecule has 2 N–H and O–H groups in total. The third kappa shape index (κ3) is 5.10. The molecule has 8 nitrogen and oxygen atoms in total. The molecule has 0 fully saturated rings. The molecule has 0 spiro atoms. The number of aryl methyl sites for hydroxylation is 1. The highest BCUT2D eigenvalue weighted by Crippen LogP contribution is 2.12. The van der Waals surface area contributed by atoms with Crippen LogP contribution in [0.3, 0.4) is 0 Å². The van der Waals surface area contributed by atoms with Crippen molar-refractivity contribution in [3.8, 4) is 5.75 Å². The Balaban J connectivity index is 1.76. The Labute approximate surface area is 133 Å². The molecule has 2 aromatic rings. The zero-order valence-corrected chi connectivity index (χ0v) is 12.9. The second kappa shape index (κ2) is 7.39. The quantitative estimate of drug-likeness (QED) is 0.784. The van der Waals surface area contributed by atoms with Gasteiger partial charge in [-0.05, 0) is 26.0 Å². The molecule has 0 aliphatic carbocycles. The van der Waals surface area contributed by atoms with Crippen molar-refractivity contribution in [1.82, 2.24) is 20.3 Å². The second-order valence-corrected chi connectivity index (χ2v) is 5.15. The van der Waals surface area contributed by atoms with E-state index in [-0.39, 0.29) is 24.2 Å². The number of benzene rings is 1. The van der Waals surface area contributed by atoms with Crippen molar-refractivity contribution in [3.05, 3.63) is 41.7 Å². The SMILES string of the molecule is Cc1ccc(OC(C)CNC(=O)Cn2cc(C(=O)O)nn2)cc1. The zero-order chi connectivity index (χ0) is 16.8. The fourth-order valence-electron chi connectivity index (χ4n) is 1.83. The Morgan fingerprint density at radius 3 is 2.65 bits per heavy atom. The number of ether oxygens (including phenoxy) is 1. The van der Waals surface area contributed by atoms with Gasteiger partial charge in [-0.25, -0.2) is 9.48 Å². The molecule has 0 aliphatic rings. The normalized spacial score (nSPS) is 11.7. The molecule has 0 radical (unpaired) electrons. The maximum absolute atomic E-state index is 11.8. The van der Waals surface area contributed by atoms with Gasteiger partial charge in [0, 0.05) is 0 Å². The van der Waals surface area contributed by atoms with Crippen LogP contribution < -0.4 is 10.1 Å². The number of carbonyl (C=O) groups is 2. The van der Waals surface area contributed by atoms with Crippen LogP contribution in [0.1, 0.15) is 23.0 Å². The minimum Gasteiger partial charge on any atom is -0.489 e. The van der Waals surface area contributed by atoms with E-state index in [0.29, 0.717) is 6.54 Å². The fraction of sp³-hybridized carbons (Fsp3) is 0.333. The highest BCUT2D eigenvalue weighted by Gasteiger charge is 2.11. The number of aromatic nitrogens is 3. The smallest absolute Gasteiger partial charge is 0.358 e. The molecule has 1 aromatic heterocycles. The Morgan fingerprint density at radius 1 is 1.35 bits per heavy atom. The van der Waals surface area contributed by atoms with Crippen molar-refractivity contribution >= 4 is 11.9 Å². The first-order valence-electron chi connectivity index (χ1n) is 7.07. The topological polar surface area (TPSA) is 106 Å². The minimum absolute atomic E-state index is 0.0997. The summed E-state index contributed by atoms with van der Waals surface area (Å²) in [5.41, 5.74) is 0.945. The van der Waals surface area contributed by atoms with Crippen LogP contribution in [0.25, 0.3) is 0 Å². The lowest BCUT2D eigenvalue weighted by Crippen LogP contribution is -2.35. The molecule has 2 rings (SSSR count). The van der Waals surface area contributed by atoms with Crippen LogP contribution in [0.2, 0.25) is 0 Å². The molecule has 8 heteroatoms. The summed E-state index contributed by atoms with van der Waals surface area (Å²) in [6.45, 7) is 4.07. The van der Waals surface area contributed by atoms with Gasteiger partial charge in [-0.3, -0.25) is 4.79 Å². The number of nitrogens with one attached hydrogen (secondary N) is 1. The second-order valence-electron chi connectivity index (χ2n) is 5.15. The van der Waals surface area contributed by atoms with Gasteiger partial charge in [-0.1, -0.05) is 22.9 Å². The third-order valence-electron chi connectivity index (χ3n) is 3.01. The van der Waals surface area contributed by atoms with Crippen molar-refractivity contribution < 1.29 is 19.4 Å². The number of rotatable bonds is 7. The number of carboxylic acid groups (broad SMARTS) is 1. The lowest BCUT2D eigenvalue weighted by atomic mass is 10.2. The number of hydrogen-bond acceptors (Lipinski definition) is 5. The first-order valence-corrected chi connectivity index (χ1v) is 7.07. The molecule has 1 amide bonds. The number of carbonyl (C=O) groups excluding carboxylic acids is 1. The molecule has 0 bridgehead atoms. The summed E-state index contributed by atoms with van der Waals surface area (Å²) in [6.07, 6.45) is 1.00.